The van der Waals surface area contributed by atoms with Crippen LogP contribution in [0.25, 0.3) is 0 Å². The van der Waals surface area contributed by atoms with Crippen LogP contribution in [0.2, 0.25) is 0 Å². The van der Waals surface area contributed by atoms with Gasteiger partial charge in [-0.3, -0.25) is 4.57 Å². The molecule has 0 unspecified atom stereocenters. The highest BCUT2D eigenvalue weighted by Crippen LogP contribution is 1.98. The predicted octanol–water partition coefficient (Wildman–Crippen LogP) is 1.99. The molecule has 2 N–H and O–H groups in total. The first-order valence-electron chi connectivity index (χ1n) is 3.06. The summed E-state index contributed by atoms with van der Waals surface area (Å²) in [4.78, 5) is 14.3. The Kier molecular flexibility index (Phi) is 9.83. The highest BCUT2D eigenvalue weighted by molar-refractivity contribution is 7.30. The molecule has 0 aliphatic carbocycles. The zero-order valence-corrected chi connectivity index (χ0v) is 7.19. The van der Waals surface area contributed by atoms with Crippen molar-refractivity contribution in [1.29, 1.82) is 0 Å². The van der Waals surface area contributed by atoms with Crippen LogP contribution in [0.15, 0.2) is 30.3 Å². The maximum atomic E-state index is 8.74. The van der Waals surface area contributed by atoms with E-state index < -0.39 is 8.25 Å². The smallest absolute Gasteiger partial charge is 0.314 e. The summed E-state index contributed by atoms with van der Waals surface area (Å²) in [6.45, 7) is 2.08. The molecule has 0 aromatic heterocycles. The zero-order chi connectivity index (χ0) is 8.69. The van der Waals surface area contributed by atoms with E-state index in [1.807, 2.05) is 18.2 Å². The van der Waals surface area contributed by atoms with Gasteiger partial charge in [-0.1, -0.05) is 43.3 Å². The highest BCUT2D eigenvalue weighted by atomic mass is 31.1. The third-order valence-corrected chi connectivity index (χ3v) is 0.940. The van der Waals surface area contributed by atoms with Crippen LogP contribution in [-0.4, -0.2) is 9.79 Å². The van der Waals surface area contributed by atoms with E-state index in [9.17, 15) is 0 Å². The standard InChI is InChI=1S/C7H8.CH4.H3O3P/c1-7-5-3-2-4-6-7;;1-4(2)3/h2-6H,1H3;1H4;4H,(H2,1,2,3). The molecule has 0 saturated carbocycles. The van der Waals surface area contributed by atoms with Crippen molar-refractivity contribution in [2.75, 3.05) is 0 Å². The van der Waals surface area contributed by atoms with E-state index in [-0.39, 0.29) is 7.43 Å². The second-order valence-corrected chi connectivity index (χ2v) is 2.50. The molecule has 0 amide bonds. The molecule has 0 atom stereocenters. The second-order valence-electron chi connectivity index (χ2n) is 1.94. The van der Waals surface area contributed by atoms with E-state index >= 15 is 0 Å². The van der Waals surface area contributed by atoms with Gasteiger partial charge in [0.05, 0.1) is 0 Å². The van der Waals surface area contributed by atoms with E-state index in [0.717, 1.165) is 0 Å². The zero-order valence-electron chi connectivity index (χ0n) is 6.19. The minimum Gasteiger partial charge on any atom is -0.326 e. The molecule has 0 aliphatic rings. The summed E-state index contributed by atoms with van der Waals surface area (Å²) in [5.74, 6) is 0. The van der Waals surface area contributed by atoms with E-state index in [1.165, 1.54) is 5.56 Å². The molecule has 12 heavy (non-hydrogen) atoms. The van der Waals surface area contributed by atoms with Crippen molar-refractivity contribution in [3.05, 3.63) is 35.9 Å². The highest BCUT2D eigenvalue weighted by Gasteiger charge is 1.72. The second kappa shape index (κ2) is 8.47. The van der Waals surface area contributed by atoms with Gasteiger partial charge in [0, 0.05) is 0 Å². The Balaban J connectivity index is 0. The third kappa shape index (κ3) is 12.1. The summed E-state index contributed by atoms with van der Waals surface area (Å²) >= 11 is 0. The molecule has 4 heteroatoms. The minimum atomic E-state index is -3.13. The molecule has 3 nitrogen and oxygen atoms in total. The van der Waals surface area contributed by atoms with Crippen LogP contribution in [0, 0.1) is 6.92 Å². The van der Waals surface area contributed by atoms with Crippen molar-refractivity contribution >= 4 is 8.25 Å². The Labute approximate surface area is 73.6 Å². The SMILES string of the molecule is C.Cc1ccccc1.O=[PH](O)O. The van der Waals surface area contributed by atoms with Crippen molar-refractivity contribution in [2.45, 2.75) is 14.4 Å². The minimum absolute atomic E-state index is 0. The van der Waals surface area contributed by atoms with Crippen LogP contribution >= 0.6 is 8.25 Å². The molecular formula is C8H15O3P. The topological polar surface area (TPSA) is 57.5 Å². The largest absolute Gasteiger partial charge is 0.326 e. The predicted molar refractivity (Wildman–Crippen MR) is 51.3 cm³/mol. The van der Waals surface area contributed by atoms with Crippen LogP contribution in [0.3, 0.4) is 0 Å². The number of rotatable bonds is 0. The summed E-state index contributed by atoms with van der Waals surface area (Å²) < 4.78 is 8.74. The first-order valence-corrected chi connectivity index (χ1v) is 4.36. The van der Waals surface area contributed by atoms with Gasteiger partial charge in [0.25, 0.3) is 0 Å². The normalized spacial score (nSPS) is 8.00. The van der Waals surface area contributed by atoms with E-state index in [1.54, 1.807) is 0 Å². The van der Waals surface area contributed by atoms with Crippen LogP contribution in [0.4, 0.5) is 0 Å². The fourth-order valence-electron chi connectivity index (χ4n) is 0.534. The Hall–Kier alpha value is -0.630. The lowest BCUT2D eigenvalue weighted by molar-refractivity contribution is 0.405. The molecule has 1 rings (SSSR count). The molecule has 1 aromatic rings. The average molecular weight is 190 g/mol. The van der Waals surface area contributed by atoms with Gasteiger partial charge in [0.15, 0.2) is 0 Å². The van der Waals surface area contributed by atoms with Crippen molar-refractivity contribution < 1.29 is 14.4 Å². The van der Waals surface area contributed by atoms with Crippen LogP contribution in [0.5, 0.6) is 0 Å². The number of hydrogen-bond donors (Lipinski definition) is 2. The molecule has 0 aliphatic heterocycles. The van der Waals surface area contributed by atoms with Gasteiger partial charge in [-0.15, -0.1) is 0 Å². The lowest BCUT2D eigenvalue weighted by Crippen LogP contribution is -1.62. The third-order valence-electron chi connectivity index (χ3n) is 0.940. The summed E-state index contributed by atoms with van der Waals surface area (Å²) in [6.07, 6.45) is 0. The van der Waals surface area contributed by atoms with E-state index in [4.69, 9.17) is 14.4 Å². The van der Waals surface area contributed by atoms with Crippen LogP contribution in [0.1, 0.15) is 13.0 Å². The van der Waals surface area contributed by atoms with Gasteiger partial charge in [-0.2, -0.15) is 0 Å². The summed E-state index contributed by atoms with van der Waals surface area (Å²) in [6, 6.07) is 10.3. The quantitative estimate of drug-likeness (QED) is 0.615. The summed E-state index contributed by atoms with van der Waals surface area (Å²) in [5, 5.41) is 0. The fourth-order valence-corrected chi connectivity index (χ4v) is 0.534. The van der Waals surface area contributed by atoms with Crippen molar-refractivity contribution in [2.24, 2.45) is 0 Å². The number of benzene rings is 1. The van der Waals surface area contributed by atoms with E-state index in [2.05, 4.69) is 19.1 Å². The lowest BCUT2D eigenvalue weighted by atomic mass is 10.2. The van der Waals surface area contributed by atoms with Crippen molar-refractivity contribution in [3.8, 4) is 0 Å². The maximum absolute atomic E-state index is 8.74. The Bertz CT molecular complexity index is 207. The van der Waals surface area contributed by atoms with Gasteiger partial charge in [-0.05, 0) is 6.92 Å². The molecule has 0 spiro atoms. The van der Waals surface area contributed by atoms with Gasteiger partial charge in [0.1, 0.15) is 0 Å². The van der Waals surface area contributed by atoms with E-state index in [0.29, 0.717) is 0 Å². The maximum Gasteiger partial charge on any atom is 0.314 e. The van der Waals surface area contributed by atoms with Gasteiger partial charge < -0.3 is 9.79 Å². The molecule has 0 bridgehead atoms. The summed E-state index contributed by atoms with van der Waals surface area (Å²) in [5.41, 5.74) is 1.32. The molecule has 0 fully saturated rings. The molecule has 0 saturated heterocycles. The van der Waals surface area contributed by atoms with Crippen LogP contribution in [-0.2, 0) is 4.57 Å². The van der Waals surface area contributed by atoms with Gasteiger partial charge in [0.2, 0.25) is 0 Å². The molecule has 0 heterocycles. The Morgan fingerprint density at radius 3 is 1.67 bits per heavy atom. The van der Waals surface area contributed by atoms with Crippen LogP contribution < -0.4 is 0 Å². The first-order chi connectivity index (χ1) is 5.13. The fraction of sp³-hybridized carbons (Fsp3) is 0.250. The lowest BCUT2D eigenvalue weighted by Gasteiger charge is -1.82. The van der Waals surface area contributed by atoms with Crippen molar-refractivity contribution in [1.82, 2.24) is 0 Å². The van der Waals surface area contributed by atoms with Gasteiger partial charge >= 0.3 is 8.25 Å². The van der Waals surface area contributed by atoms with Gasteiger partial charge in [-0.25, -0.2) is 0 Å². The Morgan fingerprint density at radius 1 is 1.17 bits per heavy atom. The molecule has 1 aromatic carbocycles. The number of hydrogen-bond acceptors (Lipinski definition) is 1. The molecular weight excluding hydrogens is 175 g/mol. The Morgan fingerprint density at radius 2 is 1.50 bits per heavy atom. The van der Waals surface area contributed by atoms with Crippen molar-refractivity contribution in [3.63, 3.8) is 0 Å². The number of aryl methyl sites for hydroxylation is 1. The monoisotopic (exact) mass is 190 g/mol. The summed E-state index contributed by atoms with van der Waals surface area (Å²) in [7, 11) is -3.13. The molecule has 0 radical (unpaired) electrons. The average Bonchev–Trinajstić information content (AvgIpc) is 1.87. The first kappa shape index (κ1) is 13.9. The molecule has 70 valence electrons.